The molecule has 0 amide bonds. The van der Waals surface area contributed by atoms with E-state index in [9.17, 15) is 62.3 Å². The van der Waals surface area contributed by atoms with Crippen LogP contribution in [-0.2, 0) is 6.54 Å². The molecular weight excluding hydrogens is 1020 g/mol. The Labute approximate surface area is 389 Å². The van der Waals surface area contributed by atoms with Crippen LogP contribution in [0.3, 0.4) is 0 Å². The molecule has 376 valence electrons. The topological polar surface area (TPSA) is 60.1 Å². The largest absolute Gasteiger partial charge is 0.419 e. The number of carbonyl (C=O) groups is 2. The molecule has 7 aromatic rings. The van der Waals surface area contributed by atoms with Crippen molar-refractivity contribution in [2.24, 2.45) is 0 Å². The van der Waals surface area contributed by atoms with Gasteiger partial charge in [0.05, 0.1) is 6.20 Å². The SMILES string of the molecule is CC(C)c1ccc(OC(=O)c2cncc[n+]2CC(=O)c2ccccc2)cc1.Fc1c(F)c(F)c([B-](c2c(F)c(F)c(F)c(F)c2F)(c2c(F)c(F)c(F)c(F)c2F)c2c(F)c(F)c(F)c(F)c2F)c(F)c1F. The van der Waals surface area contributed by atoms with Gasteiger partial charge in [0, 0.05) is 5.56 Å². The molecule has 1 heterocycles. The minimum atomic E-state index is -7.22. The third-order valence-corrected chi connectivity index (χ3v) is 10.9. The zero-order valence-electron chi connectivity index (χ0n) is 35.5. The number of esters is 1. The molecule has 6 aromatic carbocycles. The van der Waals surface area contributed by atoms with Crippen molar-refractivity contribution in [3.05, 3.63) is 206 Å². The Hall–Kier alpha value is -7.80. The lowest BCUT2D eigenvalue weighted by atomic mass is 9.12. The van der Waals surface area contributed by atoms with E-state index in [1.54, 1.807) is 47.2 Å². The zero-order valence-corrected chi connectivity index (χ0v) is 35.5. The van der Waals surface area contributed by atoms with E-state index in [1.165, 1.54) is 18.0 Å². The van der Waals surface area contributed by atoms with Gasteiger partial charge in [-0.2, -0.15) is 4.57 Å². The van der Waals surface area contributed by atoms with Gasteiger partial charge in [0.1, 0.15) is 64.6 Å². The number of ether oxygens (including phenoxy) is 1. The lowest BCUT2D eigenvalue weighted by molar-refractivity contribution is -0.686. The molecule has 0 saturated heterocycles. The van der Waals surface area contributed by atoms with Crippen molar-refractivity contribution in [2.75, 3.05) is 0 Å². The summed E-state index contributed by atoms with van der Waals surface area (Å²) in [5, 5.41) is 0. The zero-order chi connectivity index (χ0) is 53.6. The molecule has 0 radical (unpaired) electrons. The number of Topliss-reactive ketones (excluding diaryl/α,β-unsaturated/α-hetero) is 1. The second-order valence-corrected chi connectivity index (χ2v) is 15.3. The first-order valence-corrected chi connectivity index (χ1v) is 19.7. The normalized spacial score (nSPS) is 11.5. The highest BCUT2D eigenvalue weighted by molar-refractivity contribution is 7.20. The third kappa shape index (κ3) is 8.97. The Balaban J connectivity index is 0.000000266. The number of aromatic nitrogens is 2. The molecule has 5 nitrogen and oxygen atoms in total. The van der Waals surface area contributed by atoms with Crippen LogP contribution >= 0.6 is 0 Å². The first kappa shape index (κ1) is 53.6. The summed E-state index contributed by atoms with van der Waals surface area (Å²) in [6.45, 7) is 4.23. The van der Waals surface area contributed by atoms with E-state index in [1.807, 2.05) is 18.2 Å². The summed E-state index contributed by atoms with van der Waals surface area (Å²) in [5.41, 5.74) is -12.4. The number of halogens is 20. The number of rotatable bonds is 10. The molecule has 72 heavy (non-hydrogen) atoms. The van der Waals surface area contributed by atoms with Crippen LogP contribution in [0.15, 0.2) is 73.2 Å². The van der Waals surface area contributed by atoms with Crippen molar-refractivity contribution in [1.29, 1.82) is 0 Å². The Morgan fingerprint density at radius 3 is 1.11 bits per heavy atom. The van der Waals surface area contributed by atoms with E-state index >= 15 is 35.1 Å². The molecule has 0 aliphatic carbocycles. The fraction of sp³-hybridized carbons (Fsp3) is 0.0870. The van der Waals surface area contributed by atoms with Gasteiger partial charge in [0.25, 0.3) is 0 Å². The van der Waals surface area contributed by atoms with Gasteiger partial charge in [-0.3, -0.25) is 9.78 Å². The molecule has 0 aliphatic rings. The van der Waals surface area contributed by atoms with Crippen LogP contribution in [0.4, 0.5) is 87.8 Å². The first-order valence-electron chi connectivity index (χ1n) is 19.7. The van der Waals surface area contributed by atoms with Gasteiger partial charge < -0.3 is 4.74 Å². The lowest BCUT2D eigenvalue weighted by Crippen LogP contribution is -2.81. The van der Waals surface area contributed by atoms with Crippen molar-refractivity contribution >= 4 is 39.7 Å². The van der Waals surface area contributed by atoms with Crippen LogP contribution in [-0.4, -0.2) is 22.9 Å². The quantitative estimate of drug-likeness (QED) is 0.0200. The molecule has 0 unspecified atom stereocenters. The van der Waals surface area contributed by atoms with E-state index in [2.05, 4.69) is 18.8 Å². The average Bonchev–Trinajstić information content (AvgIpc) is 3.37. The molecule has 7 rings (SSSR count). The molecule has 0 saturated carbocycles. The minimum Gasteiger partial charge on any atom is -0.419 e. The van der Waals surface area contributed by atoms with Crippen LogP contribution in [0.2, 0.25) is 0 Å². The second kappa shape index (κ2) is 20.5. The van der Waals surface area contributed by atoms with Gasteiger partial charge in [0.15, 0.2) is 76.0 Å². The summed E-state index contributed by atoms with van der Waals surface area (Å²) in [5.74, 6) is -71.2. The molecule has 26 heteroatoms. The first-order chi connectivity index (χ1) is 33.7. The number of hydrogen-bond donors (Lipinski definition) is 0. The van der Waals surface area contributed by atoms with Crippen molar-refractivity contribution in [2.45, 2.75) is 26.3 Å². The Bertz CT molecular complexity index is 2940. The maximum atomic E-state index is 15.4. The maximum Gasteiger partial charge on any atom is 0.410 e. The summed E-state index contributed by atoms with van der Waals surface area (Å²) in [4.78, 5) is 29.0. The number of carbonyl (C=O) groups excluding carboxylic acids is 2. The maximum absolute atomic E-state index is 15.4. The van der Waals surface area contributed by atoms with Gasteiger partial charge in [-0.05, 0) is 23.6 Å². The van der Waals surface area contributed by atoms with Crippen LogP contribution in [0.5, 0.6) is 5.75 Å². The minimum absolute atomic E-state index is 0.0310. The van der Waals surface area contributed by atoms with E-state index in [0.717, 1.165) is 0 Å². The van der Waals surface area contributed by atoms with E-state index in [0.29, 0.717) is 17.2 Å². The molecule has 0 aliphatic heterocycles. The van der Waals surface area contributed by atoms with Crippen LogP contribution in [0, 0.1) is 116 Å². The van der Waals surface area contributed by atoms with Crippen LogP contribution < -0.4 is 31.2 Å². The summed E-state index contributed by atoms with van der Waals surface area (Å²) < 4.78 is 301. The smallest absolute Gasteiger partial charge is 0.410 e. The third-order valence-electron chi connectivity index (χ3n) is 10.9. The Morgan fingerprint density at radius 2 is 0.792 bits per heavy atom. The van der Waals surface area contributed by atoms with Gasteiger partial charge >= 0.3 is 11.7 Å². The van der Waals surface area contributed by atoms with E-state index in [-0.39, 0.29) is 18.0 Å². The molecule has 0 fully saturated rings. The van der Waals surface area contributed by atoms with E-state index in [4.69, 9.17) is 4.74 Å². The predicted octanol–water partition coefficient (Wildman–Crippen LogP) is 9.44. The number of benzene rings is 6. The molecule has 0 atom stereocenters. The Kier molecular flexibility index (Phi) is 15.3. The summed E-state index contributed by atoms with van der Waals surface area (Å²) in [7, 11) is 0. The fourth-order valence-electron chi connectivity index (χ4n) is 7.52. The number of hydrogen-bond acceptors (Lipinski definition) is 4. The van der Waals surface area contributed by atoms with Gasteiger partial charge in [-0.1, -0.05) is 56.3 Å². The van der Waals surface area contributed by atoms with Crippen molar-refractivity contribution in [1.82, 2.24) is 4.98 Å². The highest BCUT2D eigenvalue weighted by Crippen LogP contribution is 2.31. The summed E-state index contributed by atoms with van der Waals surface area (Å²) >= 11 is 0. The van der Waals surface area contributed by atoms with Gasteiger partial charge in [-0.25, -0.2) is 92.6 Å². The molecule has 0 N–H and O–H groups in total. The van der Waals surface area contributed by atoms with Crippen molar-refractivity contribution in [3.8, 4) is 5.75 Å². The molecule has 0 bridgehead atoms. The van der Waals surface area contributed by atoms with Crippen LogP contribution in [0.25, 0.3) is 0 Å². The monoisotopic (exact) mass is 1040 g/mol. The highest BCUT2D eigenvalue weighted by Gasteiger charge is 2.52. The van der Waals surface area contributed by atoms with E-state index < -0.39 is 150 Å². The average molecular weight is 1040 g/mol. The van der Waals surface area contributed by atoms with Crippen LogP contribution in [0.1, 0.15) is 46.2 Å². The second-order valence-electron chi connectivity index (χ2n) is 15.3. The standard InChI is InChI=1S/C24BF20.C22H21N2O3/c26-5-1(6(27)14(35)21(42)13(5)34)25(2-7(28)15(36)22(43)16(37)8(2)29,3-9(30)17(38)23(44)18(39)10(3)31)4-11(32)19(40)24(45)20(41)12(4)33;1-16(2)17-8-10-19(11-9-17)27-22(26)20-14-23-12-13-24(20)15-21(25)18-6-4-3-5-7-18/h;3-14,16H,15H2,1-2H3/q-1;+1. The fourth-order valence-corrected chi connectivity index (χ4v) is 7.52. The van der Waals surface area contributed by atoms with Crippen molar-refractivity contribution in [3.63, 3.8) is 0 Å². The highest BCUT2D eigenvalue weighted by atomic mass is 19.2. The van der Waals surface area contributed by atoms with Gasteiger partial charge in [-0.15, -0.1) is 21.9 Å². The predicted molar refractivity (Wildman–Crippen MR) is 210 cm³/mol. The van der Waals surface area contributed by atoms with Gasteiger partial charge in [0.2, 0.25) is 12.3 Å². The molecular formula is C46H21BF20N2O3. The summed E-state index contributed by atoms with van der Waals surface area (Å²) in [6.07, 6.45) is -2.68. The summed E-state index contributed by atoms with van der Waals surface area (Å²) in [6, 6.07) is 16.4. The number of nitrogens with zero attached hydrogens (tertiary/aromatic N) is 2. The Morgan fingerprint density at radius 1 is 0.472 bits per heavy atom. The lowest BCUT2D eigenvalue weighted by Gasteiger charge is -2.44. The molecule has 1 aromatic heterocycles. The number of ketones is 1. The van der Waals surface area contributed by atoms with Crippen molar-refractivity contribution < 1.29 is 107 Å². The molecule has 0 spiro atoms.